The summed E-state index contributed by atoms with van der Waals surface area (Å²) in [5.41, 5.74) is 7.09. The first-order chi connectivity index (χ1) is 9.67. The van der Waals surface area contributed by atoms with E-state index in [2.05, 4.69) is 0 Å². The van der Waals surface area contributed by atoms with Crippen LogP contribution in [0.15, 0.2) is 28.7 Å². The molecule has 0 saturated carbocycles. The Labute approximate surface area is 117 Å². The van der Waals surface area contributed by atoms with Crippen LogP contribution in [0.2, 0.25) is 0 Å². The van der Waals surface area contributed by atoms with Crippen LogP contribution in [0, 0.1) is 5.92 Å². The van der Waals surface area contributed by atoms with Gasteiger partial charge in [0.25, 0.3) is 5.91 Å². The minimum absolute atomic E-state index is 0.0571. The zero-order valence-electron chi connectivity index (χ0n) is 11.5. The summed E-state index contributed by atoms with van der Waals surface area (Å²) >= 11 is 0. The van der Waals surface area contributed by atoms with Gasteiger partial charge in [-0.05, 0) is 30.7 Å². The number of nitrogens with two attached hydrogens (primary N) is 1. The van der Waals surface area contributed by atoms with Crippen LogP contribution in [-0.2, 0) is 4.74 Å². The number of likely N-dealkylation sites (tertiary alicyclic amines) is 1. The third kappa shape index (κ3) is 2.36. The molecule has 3 rings (SSSR count). The van der Waals surface area contributed by atoms with Crippen molar-refractivity contribution in [1.29, 1.82) is 0 Å². The molecule has 1 fully saturated rings. The van der Waals surface area contributed by atoms with Gasteiger partial charge in [0.1, 0.15) is 5.58 Å². The number of furan rings is 1. The molecule has 0 bridgehead atoms. The zero-order valence-corrected chi connectivity index (χ0v) is 11.5. The Morgan fingerprint density at radius 3 is 3.15 bits per heavy atom. The van der Waals surface area contributed by atoms with E-state index in [1.165, 1.54) is 0 Å². The topological polar surface area (TPSA) is 68.7 Å². The summed E-state index contributed by atoms with van der Waals surface area (Å²) in [6.07, 6.45) is 0.979. The molecule has 1 saturated heterocycles. The average molecular weight is 274 g/mol. The predicted molar refractivity (Wildman–Crippen MR) is 76.5 cm³/mol. The maximum absolute atomic E-state index is 12.4. The van der Waals surface area contributed by atoms with Gasteiger partial charge in [-0.2, -0.15) is 0 Å². The van der Waals surface area contributed by atoms with Crippen LogP contribution in [0.25, 0.3) is 11.0 Å². The number of carbonyl (C=O) groups is 1. The number of hydrogen-bond donors (Lipinski definition) is 1. The van der Waals surface area contributed by atoms with E-state index in [0.29, 0.717) is 29.6 Å². The molecule has 106 valence electrons. The maximum atomic E-state index is 12.4. The monoisotopic (exact) mass is 274 g/mol. The lowest BCUT2D eigenvalue weighted by Crippen LogP contribution is -2.28. The summed E-state index contributed by atoms with van der Waals surface area (Å²) in [4.78, 5) is 14.2. The van der Waals surface area contributed by atoms with E-state index in [4.69, 9.17) is 14.9 Å². The fourth-order valence-electron chi connectivity index (χ4n) is 2.71. The molecule has 1 aliphatic heterocycles. The number of nitrogen functional groups attached to an aromatic ring is 1. The second-order valence-electron chi connectivity index (χ2n) is 5.27. The molecule has 5 heteroatoms. The summed E-state index contributed by atoms with van der Waals surface area (Å²) in [6.45, 7) is 2.18. The van der Waals surface area contributed by atoms with Crippen LogP contribution in [0.3, 0.4) is 0 Å². The minimum Gasteiger partial charge on any atom is -0.451 e. The van der Waals surface area contributed by atoms with Crippen molar-refractivity contribution in [1.82, 2.24) is 4.90 Å². The molecule has 1 aromatic heterocycles. The van der Waals surface area contributed by atoms with Gasteiger partial charge < -0.3 is 19.8 Å². The molecule has 1 atom stereocenters. The van der Waals surface area contributed by atoms with Crippen LogP contribution in [0.5, 0.6) is 0 Å². The first-order valence-corrected chi connectivity index (χ1v) is 6.74. The molecule has 2 N–H and O–H groups in total. The third-order valence-corrected chi connectivity index (χ3v) is 3.73. The van der Waals surface area contributed by atoms with Crippen molar-refractivity contribution in [2.75, 3.05) is 32.5 Å². The highest BCUT2D eigenvalue weighted by Gasteiger charge is 2.28. The van der Waals surface area contributed by atoms with E-state index < -0.39 is 0 Å². The van der Waals surface area contributed by atoms with E-state index in [-0.39, 0.29) is 5.91 Å². The van der Waals surface area contributed by atoms with Crippen molar-refractivity contribution < 1.29 is 13.9 Å². The molecule has 5 nitrogen and oxygen atoms in total. The quantitative estimate of drug-likeness (QED) is 0.870. The lowest BCUT2D eigenvalue weighted by Gasteiger charge is -2.14. The Morgan fingerprint density at radius 1 is 1.50 bits per heavy atom. The van der Waals surface area contributed by atoms with Gasteiger partial charge in [0.15, 0.2) is 5.76 Å². The normalized spacial score (nSPS) is 18.9. The molecule has 1 aliphatic rings. The van der Waals surface area contributed by atoms with E-state index in [0.717, 1.165) is 24.9 Å². The van der Waals surface area contributed by atoms with Crippen LogP contribution >= 0.6 is 0 Å². The van der Waals surface area contributed by atoms with Gasteiger partial charge in [-0.3, -0.25) is 4.79 Å². The van der Waals surface area contributed by atoms with Crippen LogP contribution in [0.4, 0.5) is 5.69 Å². The molecular formula is C15H18N2O3. The largest absolute Gasteiger partial charge is 0.451 e. The van der Waals surface area contributed by atoms with Gasteiger partial charge in [-0.25, -0.2) is 0 Å². The summed E-state index contributed by atoms with van der Waals surface area (Å²) in [6, 6.07) is 7.13. The van der Waals surface area contributed by atoms with E-state index >= 15 is 0 Å². The predicted octanol–water partition coefficient (Wildman–Crippen LogP) is 2.12. The maximum Gasteiger partial charge on any atom is 0.289 e. The molecule has 2 heterocycles. The Balaban J connectivity index is 1.79. The summed E-state index contributed by atoms with van der Waals surface area (Å²) in [7, 11) is 1.69. The smallest absolute Gasteiger partial charge is 0.289 e. The van der Waals surface area contributed by atoms with Crippen molar-refractivity contribution in [3.05, 3.63) is 30.0 Å². The lowest BCUT2D eigenvalue weighted by molar-refractivity contribution is 0.0746. The number of nitrogens with zero attached hydrogens (tertiary/aromatic N) is 1. The summed E-state index contributed by atoms with van der Waals surface area (Å²) in [5.74, 6) is 0.742. The average Bonchev–Trinajstić information content (AvgIpc) is 3.04. The number of rotatable bonds is 3. The van der Waals surface area contributed by atoms with Gasteiger partial charge in [0.2, 0.25) is 0 Å². The first-order valence-electron chi connectivity index (χ1n) is 6.74. The molecule has 2 aromatic rings. The lowest BCUT2D eigenvalue weighted by atomic mass is 10.1. The molecular weight excluding hydrogens is 256 g/mol. The number of hydrogen-bond acceptors (Lipinski definition) is 4. The molecule has 1 amide bonds. The number of ether oxygens (including phenoxy) is 1. The number of benzene rings is 1. The van der Waals surface area contributed by atoms with Crippen molar-refractivity contribution in [3.8, 4) is 0 Å². The van der Waals surface area contributed by atoms with Gasteiger partial charge in [0, 0.05) is 37.2 Å². The van der Waals surface area contributed by atoms with E-state index in [1.54, 1.807) is 25.3 Å². The van der Waals surface area contributed by atoms with Crippen molar-refractivity contribution in [2.24, 2.45) is 5.92 Å². The Morgan fingerprint density at radius 2 is 2.35 bits per heavy atom. The number of methoxy groups -OCH3 is 1. The number of carbonyl (C=O) groups excluding carboxylic acids is 1. The Kier molecular flexibility index (Phi) is 3.36. The van der Waals surface area contributed by atoms with Crippen LogP contribution in [0.1, 0.15) is 17.0 Å². The second-order valence-corrected chi connectivity index (χ2v) is 5.27. The fourth-order valence-corrected chi connectivity index (χ4v) is 2.71. The van der Waals surface area contributed by atoms with Crippen molar-refractivity contribution in [2.45, 2.75) is 6.42 Å². The van der Waals surface area contributed by atoms with Gasteiger partial charge >= 0.3 is 0 Å². The Bertz CT molecular complexity index is 635. The molecule has 0 spiro atoms. The third-order valence-electron chi connectivity index (χ3n) is 3.73. The highest BCUT2D eigenvalue weighted by Crippen LogP contribution is 2.25. The van der Waals surface area contributed by atoms with E-state index in [1.807, 2.05) is 11.0 Å². The van der Waals surface area contributed by atoms with Crippen LogP contribution in [-0.4, -0.2) is 37.6 Å². The highest BCUT2D eigenvalue weighted by molar-refractivity contribution is 5.96. The Hall–Kier alpha value is -2.01. The standard InChI is InChI=1S/C15H18N2O3/c1-19-9-10-4-5-17(8-10)15(18)14-7-11-6-12(16)2-3-13(11)20-14/h2-3,6-7,10H,4-5,8-9,16H2,1H3. The highest BCUT2D eigenvalue weighted by atomic mass is 16.5. The number of amides is 1. The van der Waals surface area contributed by atoms with Gasteiger partial charge in [0.05, 0.1) is 6.61 Å². The number of fused-ring (bicyclic) bond motifs is 1. The molecule has 20 heavy (non-hydrogen) atoms. The molecule has 0 aliphatic carbocycles. The molecule has 0 radical (unpaired) electrons. The first kappa shape index (κ1) is 13.0. The van der Waals surface area contributed by atoms with Crippen molar-refractivity contribution in [3.63, 3.8) is 0 Å². The van der Waals surface area contributed by atoms with Gasteiger partial charge in [-0.15, -0.1) is 0 Å². The van der Waals surface area contributed by atoms with Crippen molar-refractivity contribution >= 4 is 22.6 Å². The van der Waals surface area contributed by atoms with E-state index in [9.17, 15) is 4.79 Å². The zero-order chi connectivity index (χ0) is 14.1. The fraction of sp³-hybridized carbons (Fsp3) is 0.400. The SMILES string of the molecule is COCC1CCN(C(=O)c2cc3cc(N)ccc3o2)C1. The van der Waals surface area contributed by atoms with Crippen LogP contribution < -0.4 is 5.73 Å². The second kappa shape index (κ2) is 5.17. The molecule has 1 aromatic carbocycles. The molecule has 1 unspecified atom stereocenters. The minimum atomic E-state index is -0.0571. The van der Waals surface area contributed by atoms with Gasteiger partial charge in [-0.1, -0.05) is 0 Å². The summed E-state index contributed by atoms with van der Waals surface area (Å²) < 4.78 is 10.8. The summed E-state index contributed by atoms with van der Waals surface area (Å²) in [5, 5.41) is 0.862. The number of anilines is 1.